The Morgan fingerprint density at radius 1 is 0.926 bits per heavy atom. The van der Waals surface area contributed by atoms with Crippen LogP contribution >= 0.6 is 0 Å². The number of carbonyl (C=O) groups excluding carboxylic acids is 2. The summed E-state index contributed by atoms with van der Waals surface area (Å²) >= 11 is 0. The molecule has 0 spiro atoms. The van der Waals surface area contributed by atoms with E-state index in [9.17, 15) is 9.59 Å². The minimum atomic E-state index is 0.0260. The third-order valence-electron chi connectivity index (χ3n) is 4.64. The standard InChI is InChI=1S/C14H20O.C11H14O/c1-10(2)9-13-5-7-14(8-6-13)11(3)12(4)15;1-10-5-7-11(8-6-10)4-2-3-9-12/h5-8,10-11H,9H2,1-4H3;5-9H,2-4H2,1H3. The second-order valence-electron chi connectivity index (χ2n) is 7.72. The fraction of sp³-hybridized carbons (Fsp3) is 0.440. The largest absolute Gasteiger partial charge is 0.303 e. The fourth-order valence-corrected chi connectivity index (χ4v) is 2.79. The average molecular weight is 367 g/mol. The third-order valence-corrected chi connectivity index (χ3v) is 4.64. The second-order valence-corrected chi connectivity index (χ2v) is 7.72. The SMILES string of the molecule is CC(=O)C(C)c1ccc(CC(C)C)cc1.Cc1ccc(CCCC=O)cc1. The zero-order chi connectivity index (χ0) is 20.2. The molecule has 2 nitrogen and oxygen atoms in total. The van der Waals surface area contributed by atoms with Crippen LogP contribution in [0.2, 0.25) is 0 Å². The van der Waals surface area contributed by atoms with E-state index in [4.69, 9.17) is 0 Å². The molecule has 1 unspecified atom stereocenters. The summed E-state index contributed by atoms with van der Waals surface area (Å²) in [7, 11) is 0. The Morgan fingerprint density at radius 3 is 1.96 bits per heavy atom. The van der Waals surface area contributed by atoms with Crippen LogP contribution in [0.25, 0.3) is 0 Å². The van der Waals surface area contributed by atoms with Gasteiger partial charge in [-0.2, -0.15) is 0 Å². The molecule has 27 heavy (non-hydrogen) atoms. The zero-order valence-corrected chi connectivity index (χ0v) is 17.5. The molecule has 0 amide bonds. The lowest BCUT2D eigenvalue weighted by Crippen LogP contribution is -2.04. The minimum absolute atomic E-state index is 0.0260. The van der Waals surface area contributed by atoms with Crippen molar-refractivity contribution in [2.45, 2.75) is 66.2 Å². The van der Waals surface area contributed by atoms with Gasteiger partial charge in [0.25, 0.3) is 0 Å². The van der Waals surface area contributed by atoms with Crippen molar-refractivity contribution in [1.29, 1.82) is 0 Å². The predicted molar refractivity (Wildman–Crippen MR) is 114 cm³/mol. The molecule has 2 heteroatoms. The Bertz CT molecular complexity index is 681. The molecule has 146 valence electrons. The fourth-order valence-electron chi connectivity index (χ4n) is 2.79. The number of benzene rings is 2. The molecule has 0 saturated heterocycles. The van der Waals surface area contributed by atoms with E-state index in [2.05, 4.69) is 69.3 Å². The normalized spacial score (nSPS) is 11.5. The molecule has 1 atom stereocenters. The monoisotopic (exact) mass is 366 g/mol. The van der Waals surface area contributed by atoms with E-state index in [0.717, 1.165) is 31.1 Å². The number of Topliss-reactive ketones (excluding diaryl/α,β-unsaturated/α-hetero) is 1. The Labute approximate surface area is 165 Å². The van der Waals surface area contributed by atoms with E-state index in [1.165, 1.54) is 16.7 Å². The second kappa shape index (κ2) is 12.2. The van der Waals surface area contributed by atoms with E-state index in [1.807, 2.05) is 6.92 Å². The van der Waals surface area contributed by atoms with Crippen molar-refractivity contribution in [3.63, 3.8) is 0 Å². The molecule has 0 aromatic heterocycles. The number of hydrogen-bond donors (Lipinski definition) is 0. The van der Waals surface area contributed by atoms with Gasteiger partial charge in [-0.1, -0.05) is 74.9 Å². The smallest absolute Gasteiger partial charge is 0.136 e. The maximum Gasteiger partial charge on any atom is 0.136 e. The van der Waals surface area contributed by atoms with Gasteiger partial charge in [-0.25, -0.2) is 0 Å². The zero-order valence-electron chi connectivity index (χ0n) is 17.5. The van der Waals surface area contributed by atoms with Gasteiger partial charge in [0.2, 0.25) is 0 Å². The molecular weight excluding hydrogens is 332 g/mol. The maximum atomic E-state index is 11.2. The number of rotatable bonds is 8. The molecule has 0 heterocycles. The van der Waals surface area contributed by atoms with E-state index in [-0.39, 0.29) is 11.7 Å². The van der Waals surface area contributed by atoms with Gasteiger partial charge in [0.15, 0.2) is 0 Å². The lowest BCUT2D eigenvalue weighted by atomic mass is 9.95. The highest BCUT2D eigenvalue weighted by atomic mass is 16.1. The quantitative estimate of drug-likeness (QED) is 0.418. The highest BCUT2D eigenvalue weighted by Gasteiger charge is 2.09. The molecular formula is C25H34O2. The van der Waals surface area contributed by atoms with Crippen LogP contribution in [0.3, 0.4) is 0 Å². The topological polar surface area (TPSA) is 34.1 Å². The van der Waals surface area contributed by atoms with Crippen LogP contribution in [0.15, 0.2) is 48.5 Å². The van der Waals surface area contributed by atoms with Gasteiger partial charge in [-0.05, 0) is 55.7 Å². The van der Waals surface area contributed by atoms with Crippen molar-refractivity contribution in [2.75, 3.05) is 0 Å². The van der Waals surface area contributed by atoms with E-state index < -0.39 is 0 Å². The first-order valence-electron chi connectivity index (χ1n) is 9.92. The molecule has 0 aliphatic carbocycles. The number of ketones is 1. The first-order valence-corrected chi connectivity index (χ1v) is 9.92. The summed E-state index contributed by atoms with van der Waals surface area (Å²) in [6.07, 6.45) is 4.74. The summed E-state index contributed by atoms with van der Waals surface area (Å²) in [5.74, 6) is 0.936. The van der Waals surface area contributed by atoms with Gasteiger partial charge in [0, 0.05) is 12.3 Å². The molecule has 0 aliphatic heterocycles. The highest BCUT2D eigenvalue weighted by molar-refractivity contribution is 5.82. The van der Waals surface area contributed by atoms with Gasteiger partial charge in [-0.15, -0.1) is 0 Å². The first kappa shape index (κ1) is 22.8. The van der Waals surface area contributed by atoms with Crippen molar-refractivity contribution in [2.24, 2.45) is 5.92 Å². The molecule has 0 aliphatic rings. The summed E-state index contributed by atoms with van der Waals surface area (Å²) < 4.78 is 0. The molecule has 0 saturated carbocycles. The number of unbranched alkanes of at least 4 members (excludes halogenated alkanes) is 1. The molecule has 2 aromatic carbocycles. The molecule has 2 aromatic rings. The van der Waals surface area contributed by atoms with Crippen LogP contribution in [0.1, 0.15) is 68.7 Å². The maximum absolute atomic E-state index is 11.2. The van der Waals surface area contributed by atoms with Crippen molar-refractivity contribution in [1.82, 2.24) is 0 Å². The van der Waals surface area contributed by atoms with Gasteiger partial charge in [-0.3, -0.25) is 4.79 Å². The number of aldehydes is 1. The Hall–Kier alpha value is -2.22. The number of aryl methyl sites for hydroxylation is 2. The molecule has 0 N–H and O–H groups in total. The van der Waals surface area contributed by atoms with Crippen LogP contribution in [0.4, 0.5) is 0 Å². The van der Waals surface area contributed by atoms with Gasteiger partial charge < -0.3 is 4.79 Å². The van der Waals surface area contributed by atoms with Crippen LogP contribution in [0.5, 0.6) is 0 Å². The highest BCUT2D eigenvalue weighted by Crippen LogP contribution is 2.18. The molecule has 2 rings (SSSR count). The summed E-state index contributed by atoms with van der Waals surface area (Å²) in [6.45, 7) is 10.1. The minimum Gasteiger partial charge on any atom is -0.303 e. The first-order chi connectivity index (χ1) is 12.8. The lowest BCUT2D eigenvalue weighted by molar-refractivity contribution is -0.118. The van der Waals surface area contributed by atoms with Gasteiger partial charge in [0.1, 0.15) is 12.1 Å². The summed E-state index contributed by atoms with van der Waals surface area (Å²) in [5, 5.41) is 0. The average Bonchev–Trinajstić information content (AvgIpc) is 2.63. The van der Waals surface area contributed by atoms with Crippen LogP contribution < -0.4 is 0 Å². The van der Waals surface area contributed by atoms with Crippen molar-refractivity contribution in [3.8, 4) is 0 Å². The molecule has 0 fully saturated rings. The Balaban J connectivity index is 0.000000277. The van der Waals surface area contributed by atoms with Crippen LogP contribution in [-0.2, 0) is 22.4 Å². The summed E-state index contributed by atoms with van der Waals surface area (Å²) in [6, 6.07) is 16.9. The summed E-state index contributed by atoms with van der Waals surface area (Å²) in [4.78, 5) is 21.3. The molecule has 0 bridgehead atoms. The van der Waals surface area contributed by atoms with E-state index in [0.29, 0.717) is 12.3 Å². The number of carbonyl (C=O) groups is 2. The van der Waals surface area contributed by atoms with E-state index in [1.54, 1.807) is 6.92 Å². The molecule has 0 radical (unpaired) electrons. The summed E-state index contributed by atoms with van der Waals surface area (Å²) in [5.41, 5.74) is 5.08. The van der Waals surface area contributed by atoms with Crippen LogP contribution in [-0.4, -0.2) is 12.1 Å². The Kier molecular flexibility index (Phi) is 10.3. The lowest BCUT2D eigenvalue weighted by Gasteiger charge is -2.10. The Morgan fingerprint density at radius 2 is 1.48 bits per heavy atom. The van der Waals surface area contributed by atoms with Gasteiger partial charge in [0.05, 0.1) is 0 Å². The van der Waals surface area contributed by atoms with E-state index >= 15 is 0 Å². The van der Waals surface area contributed by atoms with Gasteiger partial charge >= 0.3 is 0 Å². The van der Waals surface area contributed by atoms with Crippen molar-refractivity contribution < 1.29 is 9.59 Å². The predicted octanol–water partition coefficient (Wildman–Crippen LogP) is 6.09. The number of hydrogen-bond acceptors (Lipinski definition) is 2. The van der Waals surface area contributed by atoms with Crippen LogP contribution in [0, 0.1) is 12.8 Å². The van der Waals surface area contributed by atoms with Crippen molar-refractivity contribution in [3.05, 3.63) is 70.8 Å². The van der Waals surface area contributed by atoms with Crippen molar-refractivity contribution >= 4 is 12.1 Å². The third kappa shape index (κ3) is 9.33.